The molecule has 106 valence electrons. The summed E-state index contributed by atoms with van der Waals surface area (Å²) in [5.41, 5.74) is 2.51. The van der Waals surface area contributed by atoms with Crippen molar-refractivity contribution in [2.45, 2.75) is 45.8 Å². The van der Waals surface area contributed by atoms with E-state index >= 15 is 0 Å². The Morgan fingerprint density at radius 2 is 2.32 bits per heavy atom. The Morgan fingerprint density at radius 1 is 1.47 bits per heavy atom. The normalized spacial score (nSPS) is 21.1. The molecule has 1 aromatic carbocycles. The molecule has 2 unspecified atom stereocenters. The summed E-state index contributed by atoms with van der Waals surface area (Å²) >= 11 is 0. The fraction of sp³-hybridized carbons (Fsp3) is 0.625. The zero-order chi connectivity index (χ0) is 13.7. The predicted octanol–water partition coefficient (Wildman–Crippen LogP) is 3.22. The van der Waals surface area contributed by atoms with Gasteiger partial charge >= 0.3 is 0 Å². The van der Waals surface area contributed by atoms with E-state index in [-0.39, 0.29) is 6.10 Å². The van der Waals surface area contributed by atoms with E-state index in [1.807, 2.05) is 0 Å². The quantitative estimate of drug-likeness (QED) is 0.884. The van der Waals surface area contributed by atoms with Crippen molar-refractivity contribution in [3.63, 3.8) is 0 Å². The molecular weight excluding hydrogens is 238 g/mol. The summed E-state index contributed by atoms with van der Waals surface area (Å²) < 4.78 is 11.6. The maximum Gasteiger partial charge on any atom is 0.124 e. The molecule has 2 rings (SSSR count). The van der Waals surface area contributed by atoms with Crippen LogP contribution in [0.1, 0.15) is 43.9 Å². The molecule has 19 heavy (non-hydrogen) atoms. The number of hydrogen-bond acceptors (Lipinski definition) is 3. The van der Waals surface area contributed by atoms with Crippen LogP contribution in [-0.2, 0) is 4.74 Å². The topological polar surface area (TPSA) is 30.5 Å². The first kappa shape index (κ1) is 14.4. The molecule has 3 heteroatoms. The van der Waals surface area contributed by atoms with Gasteiger partial charge in [0.05, 0.1) is 6.61 Å². The molecule has 0 saturated carbocycles. The highest BCUT2D eigenvalue weighted by Gasteiger charge is 2.18. The molecule has 0 spiro atoms. The number of benzene rings is 1. The Balaban J connectivity index is 2.13. The molecule has 0 aliphatic carbocycles. The molecule has 2 atom stereocenters. The van der Waals surface area contributed by atoms with Crippen molar-refractivity contribution in [1.29, 1.82) is 0 Å². The molecular formula is C16H25NO2. The summed E-state index contributed by atoms with van der Waals surface area (Å²) in [5, 5.41) is 3.46. The average Bonchev–Trinajstić information content (AvgIpc) is 2.42. The summed E-state index contributed by atoms with van der Waals surface area (Å²) in [4.78, 5) is 0. The van der Waals surface area contributed by atoms with Gasteiger partial charge in [-0.1, -0.05) is 24.6 Å². The van der Waals surface area contributed by atoms with E-state index in [1.54, 1.807) is 0 Å². The summed E-state index contributed by atoms with van der Waals surface area (Å²) in [6, 6.07) is 6.73. The number of nitrogens with one attached hydrogen (secondary N) is 1. The summed E-state index contributed by atoms with van der Waals surface area (Å²) in [7, 11) is 0. The molecule has 0 aromatic heterocycles. The third kappa shape index (κ3) is 3.95. The Hall–Kier alpha value is -1.06. The minimum atomic E-state index is 0.198. The van der Waals surface area contributed by atoms with Crippen LogP contribution in [0.4, 0.5) is 0 Å². The molecule has 0 bridgehead atoms. The predicted molar refractivity (Wildman–Crippen MR) is 77.7 cm³/mol. The van der Waals surface area contributed by atoms with Gasteiger partial charge in [0.15, 0.2) is 0 Å². The van der Waals surface area contributed by atoms with Crippen LogP contribution in [0.25, 0.3) is 0 Å². The molecule has 1 heterocycles. The lowest BCUT2D eigenvalue weighted by atomic mass is 10.0. The largest absolute Gasteiger partial charge is 0.488 e. The standard InChI is InChI=1S/C16H25NO2/c1-4-17-13(3)15-10-12(2)7-8-16(15)19-14-6-5-9-18-11-14/h7-8,10,13-14,17H,4-6,9,11H2,1-3H3. The molecule has 1 saturated heterocycles. The van der Waals surface area contributed by atoms with Gasteiger partial charge in [-0.05, 0) is 39.3 Å². The second-order valence-corrected chi connectivity index (χ2v) is 5.28. The monoisotopic (exact) mass is 263 g/mol. The molecule has 0 amide bonds. The summed E-state index contributed by atoms with van der Waals surface area (Å²) in [5.74, 6) is 0.995. The van der Waals surface area contributed by atoms with Crippen LogP contribution < -0.4 is 10.1 Å². The van der Waals surface area contributed by atoms with Crippen molar-refractivity contribution in [2.75, 3.05) is 19.8 Å². The highest BCUT2D eigenvalue weighted by Crippen LogP contribution is 2.28. The number of rotatable bonds is 5. The first-order chi connectivity index (χ1) is 9.20. The van der Waals surface area contributed by atoms with E-state index < -0.39 is 0 Å². The molecule has 1 fully saturated rings. The van der Waals surface area contributed by atoms with E-state index in [1.165, 1.54) is 11.1 Å². The highest BCUT2D eigenvalue weighted by molar-refractivity contribution is 5.39. The van der Waals surface area contributed by atoms with E-state index in [9.17, 15) is 0 Å². The van der Waals surface area contributed by atoms with Crippen LogP contribution >= 0.6 is 0 Å². The van der Waals surface area contributed by atoms with Crippen LogP contribution in [0.3, 0.4) is 0 Å². The van der Waals surface area contributed by atoms with Crippen molar-refractivity contribution in [3.8, 4) is 5.75 Å². The molecule has 1 aliphatic heterocycles. The second kappa shape index (κ2) is 6.92. The zero-order valence-electron chi connectivity index (χ0n) is 12.2. The third-order valence-electron chi connectivity index (χ3n) is 3.55. The lowest BCUT2D eigenvalue weighted by Crippen LogP contribution is -2.29. The van der Waals surface area contributed by atoms with E-state index in [4.69, 9.17) is 9.47 Å². The first-order valence-corrected chi connectivity index (χ1v) is 7.29. The van der Waals surface area contributed by atoms with Crippen LogP contribution in [0.2, 0.25) is 0 Å². The van der Waals surface area contributed by atoms with Gasteiger partial charge in [0.25, 0.3) is 0 Å². The highest BCUT2D eigenvalue weighted by atomic mass is 16.5. The first-order valence-electron chi connectivity index (χ1n) is 7.29. The summed E-state index contributed by atoms with van der Waals surface area (Å²) in [6.07, 6.45) is 2.38. The van der Waals surface area contributed by atoms with Gasteiger partial charge < -0.3 is 14.8 Å². The van der Waals surface area contributed by atoms with Crippen LogP contribution in [0.5, 0.6) is 5.75 Å². The van der Waals surface area contributed by atoms with Crippen molar-refractivity contribution in [3.05, 3.63) is 29.3 Å². The smallest absolute Gasteiger partial charge is 0.124 e. The van der Waals surface area contributed by atoms with Gasteiger partial charge in [0.2, 0.25) is 0 Å². The lowest BCUT2D eigenvalue weighted by Gasteiger charge is -2.26. The number of aryl methyl sites for hydroxylation is 1. The molecule has 3 nitrogen and oxygen atoms in total. The van der Waals surface area contributed by atoms with Gasteiger partial charge in [-0.15, -0.1) is 0 Å². The minimum Gasteiger partial charge on any atom is -0.488 e. The second-order valence-electron chi connectivity index (χ2n) is 5.28. The van der Waals surface area contributed by atoms with E-state index in [0.29, 0.717) is 12.6 Å². The van der Waals surface area contributed by atoms with Gasteiger partial charge in [-0.25, -0.2) is 0 Å². The number of hydrogen-bond donors (Lipinski definition) is 1. The van der Waals surface area contributed by atoms with Gasteiger partial charge in [0.1, 0.15) is 11.9 Å². The minimum absolute atomic E-state index is 0.198. The summed E-state index contributed by atoms with van der Waals surface area (Å²) in [6.45, 7) is 8.97. The maximum atomic E-state index is 6.14. The molecule has 1 aromatic rings. The van der Waals surface area contributed by atoms with E-state index in [2.05, 4.69) is 44.3 Å². The SMILES string of the molecule is CCNC(C)c1cc(C)ccc1OC1CCCOC1. The Bertz CT molecular complexity index is 400. The van der Waals surface area contributed by atoms with Crippen molar-refractivity contribution >= 4 is 0 Å². The van der Waals surface area contributed by atoms with Crippen LogP contribution in [-0.4, -0.2) is 25.9 Å². The molecule has 1 N–H and O–H groups in total. The van der Waals surface area contributed by atoms with Gasteiger partial charge in [-0.2, -0.15) is 0 Å². The van der Waals surface area contributed by atoms with Gasteiger partial charge in [-0.3, -0.25) is 0 Å². The maximum absolute atomic E-state index is 6.14. The van der Waals surface area contributed by atoms with Crippen molar-refractivity contribution in [2.24, 2.45) is 0 Å². The van der Waals surface area contributed by atoms with Crippen LogP contribution in [0.15, 0.2) is 18.2 Å². The zero-order valence-corrected chi connectivity index (χ0v) is 12.2. The van der Waals surface area contributed by atoms with Crippen molar-refractivity contribution < 1.29 is 9.47 Å². The third-order valence-corrected chi connectivity index (χ3v) is 3.55. The molecule has 1 aliphatic rings. The fourth-order valence-electron chi connectivity index (χ4n) is 2.51. The Kier molecular flexibility index (Phi) is 5.23. The average molecular weight is 263 g/mol. The van der Waals surface area contributed by atoms with Crippen LogP contribution in [0, 0.1) is 6.92 Å². The fourth-order valence-corrected chi connectivity index (χ4v) is 2.51. The molecule has 0 radical (unpaired) electrons. The van der Waals surface area contributed by atoms with E-state index in [0.717, 1.165) is 31.7 Å². The Morgan fingerprint density at radius 3 is 3.00 bits per heavy atom. The van der Waals surface area contributed by atoms with Gasteiger partial charge in [0, 0.05) is 18.2 Å². The van der Waals surface area contributed by atoms with Crippen molar-refractivity contribution in [1.82, 2.24) is 5.32 Å². The number of ether oxygens (including phenoxy) is 2. The lowest BCUT2D eigenvalue weighted by molar-refractivity contribution is 0.00686. The Labute approximate surface area is 116 Å².